The molecule has 1 aliphatic rings. The zero-order valence-electron chi connectivity index (χ0n) is 14.1. The van der Waals surface area contributed by atoms with Crippen LogP contribution in [0.3, 0.4) is 0 Å². The van der Waals surface area contributed by atoms with Crippen molar-refractivity contribution in [3.63, 3.8) is 0 Å². The Balaban J connectivity index is 1.47. The number of fused-ring (bicyclic) bond motifs is 1. The number of H-pyrrole nitrogens is 1. The van der Waals surface area contributed by atoms with Crippen LogP contribution in [0, 0.1) is 5.92 Å². The number of hydrogen-bond acceptors (Lipinski definition) is 2. The number of para-hydroxylation sites is 1. The molecule has 1 aliphatic carbocycles. The second kappa shape index (κ2) is 7.51. The maximum Gasteiger partial charge on any atom is 0.309 e. The molecule has 24 heavy (non-hydrogen) atoms. The first-order valence-corrected chi connectivity index (χ1v) is 8.79. The summed E-state index contributed by atoms with van der Waals surface area (Å²) in [5.74, 6) is -0.595. The third-order valence-corrected chi connectivity index (χ3v) is 4.99. The van der Waals surface area contributed by atoms with Gasteiger partial charge in [-0.3, -0.25) is 9.59 Å². The summed E-state index contributed by atoms with van der Waals surface area (Å²) in [6.45, 7) is 2.59. The lowest BCUT2D eigenvalue weighted by Crippen LogP contribution is -2.48. The highest BCUT2D eigenvalue weighted by molar-refractivity contribution is 6.35. The van der Waals surface area contributed by atoms with E-state index in [-0.39, 0.29) is 6.04 Å². The van der Waals surface area contributed by atoms with E-state index < -0.39 is 11.8 Å². The summed E-state index contributed by atoms with van der Waals surface area (Å²) in [5.41, 5.74) is 2.23. The molecule has 0 saturated heterocycles. The number of carbonyl (C=O) groups excluding carboxylic acids is 2. The molecule has 0 radical (unpaired) electrons. The van der Waals surface area contributed by atoms with Crippen molar-refractivity contribution in [2.24, 2.45) is 5.92 Å². The van der Waals surface area contributed by atoms with Crippen LogP contribution in [0.2, 0.25) is 0 Å². The lowest BCUT2D eigenvalue weighted by Gasteiger charge is -2.29. The van der Waals surface area contributed by atoms with Gasteiger partial charge in [0.1, 0.15) is 0 Å². The molecule has 2 amide bonds. The van der Waals surface area contributed by atoms with Crippen LogP contribution >= 0.6 is 0 Å². The zero-order valence-corrected chi connectivity index (χ0v) is 14.1. The largest absolute Gasteiger partial charge is 0.361 e. The first-order valence-electron chi connectivity index (χ1n) is 8.79. The van der Waals surface area contributed by atoms with E-state index in [0.29, 0.717) is 18.9 Å². The Bertz CT molecular complexity index is 722. The van der Waals surface area contributed by atoms with Crippen molar-refractivity contribution in [2.45, 2.75) is 45.1 Å². The molecule has 3 N–H and O–H groups in total. The van der Waals surface area contributed by atoms with Gasteiger partial charge >= 0.3 is 11.8 Å². The molecule has 1 fully saturated rings. The number of nitrogens with one attached hydrogen (secondary N) is 3. The van der Waals surface area contributed by atoms with Crippen LogP contribution in [0.25, 0.3) is 10.9 Å². The second-order valence-electron chi connectivity index (χ2n) is 6.71. The van der Waals surface area contributed by atoms with Gasteiger partial charge in [0.05, 0.1) is 0 Å². The molecule has 1 saturated carbocycles. The van der Waals surface area contributed by atoms with Crippen LogP contribution in [0.5, 0.6) is 0 Å². The van der Waals surface area contributed by atoms with Gasteiger partial charge in [0.15, 0.2) is 0 Å². The highest BCUT2D eigenvalue weighted by Gasteiger charge is 2.25. The Kier molecular flexibility index (Phi) is 5.18. The van der Waals surface area contributed by atoms with E-state index >= 15 is 0 Å². The number of rotatable bonds is 4. The first kappa shape index (κ1) is 16.6. The molecule has 3 rings (SSSR count). The quantitative estimate of drug-likeness (QED) is 0.755. The van der Waals surface area contributed by atoms with Crippen molar-refractivity contribution < 1.29 is 9.59 Å². The number of hydrogen-bond donors (Lipinski definition) is 3. The Morgan fingerprint density at radius 2 is 1.96 bits per heavy atom. The number of benzene rings is 1. The molecule has 2 aromatic rings. The normalized spacial score (nSPS) is 20.7. The lowest BCUT2D eigenvalue weighted by atomic mass is 9.86. The van der Waals surface area contributed by atoms with E-state index in [9.17, 15) is 9.59 Å². The molecular formula is C19H25N3O2. The van der Waals surface area contributed by atoms with Gasteiger partial charge in [-0.2, -0.15) is 0 Å². The summed E-state index contributed by atoms with van der Waals surface area (Å²) in [6, 6.07) is 8.19. The molecule has 0 spiro atoms. The molecule has 128 valence electrons. The number of carbonyl (C=O) groups is 2. The maximum absolute atomic E-state index is 12.0. The average Bonchev–Trinajstić information content (AvgIpc) is 3.00. The average molecular weight is 327 g/mol. The SMILES string of the molecule is C[C@H]1CCCC[C@@H]1NC(=O)C(=O)NCCc1c[nH]c2ccccc12. The lowest BCUT2D eigenvalue weighted by molar-refractivity contribution is -0.139. The third-order valence-electron chi connectivity index (χ3n) is 4.99. The highest BCUT2D eigenvalue weighted by Crippen LogP contribution is 2.23. The van der Waals surface area contributed by atoms with Crippen molar-refractivity contribution in [1.82, 2.24) is 15.6 Å². The molecule has 5 nitrogen and oxygen atoms in total. The van der Waals surface area contributed by atoms with Crippen LogP contribution in [-0.2, 0) is 16.0 Å². The standard InChI is InChI=1S/C19H25N3O2/c1-13-6-2-4-8-16(13)22-19(24)18(23)20-11-10-14-12-21-17-9-5-3-7-15(14)17/h3,5,7,9,12-13,16,21H,2,4,6,8,10-11H2,1H3,(H,20,23)(H,22,24)/t13-,16-/m0/s1. The minimum absolute atomic E-state index is 0.130. The van der Waals surface area contributed by atoms with Gasteiger partial charge in [0, 0.05) is 29.7 Å². The summed E-state index contributed by atoms with van der Waals surface area (Å²) in [7, 11) is 0. The van der Waals surface area contributed by atoms with Gasteiger partial charge in [-0.1, -0.05) is 38.0 Å². The molecule has 1 aromatic carbocycles. The summed E-state index contributed by atoms with van der Waals surface area (Å²) >= 11 is 0. The van der Waals surface area contributed by atoms with Crippen LogP contribution in [0.4, 0.5) is 0 Å². The van der Waals surface area contributed by atoms with E-state index in [0.717, 1.165) is 35.7 Å². The van der Waals surface area contributed by atoms with Crippen LogP contribution in [0.15, 0.2) is 30.5 Å². The van der Waals surface area contributed by atoms with Crippen LogP contribution in [0.1, 0.15) is 38.2 Å². The number of amides is 2. The Morgan fingerprint density at radius 1 is 1.17 bits per heavy atom. The molecule has 1 heterocycles. The van der Waals surface area contributed by atoms with Crippen molar-refractivity contribution in [3.05, 3.63) is 36.0 Å². The van der Waals surface area contributed by atoms with Gasteiger partial charge in [0.25, 0.3) is 0 Å². The molecule has 1 aromatic heterocycles. The van der Waals surface area contributed by atoms with E-state index in [4.69, 9.17) is 0 Å². The van der Waals surface area contributed by atoms with Crippen molar-refractivity contribution >= 4 is 22.7 Å². The van der Waals surface area contributed by atoms with Gasteiger partial charge in [-0.15, -0.1) is 0 Å². The summed E-state index contributed by atoms with van der Waals surface area (Å²) in [6.07, 6.45) is 7.08. The second-order valence-corrected chi connectivity index (χ2v) is 6.71. The Hall–Kier alpha value is -2.30. The van der Waals surface area contributed by atoms with Crippen molar-refractivity contribution in [3.8, 4) is 0 Å². The fraction of sp³-hybridized carbons (Fsp3) is 0.474. The Labute approximate surface area is 142 Å². The predicted octanol–water partition coefficient (Wildman–Crippen LogP) is 2.52. The fourth-order valence-electron chi connectivity index (χ4n) is 3.49. The zero-order chi connectivity index (χ0) is 16.9. The van der Waals surface area contributed by atoms with E-state index in [1.807, 2.05) is 24.4 Å². The fourth-order valence-corrected chi connectivity index (χ4v) is 3.49. The highest BCUT2D eigenvalue weighted by atomic mass is 16.2. The summed E-state index contributed by atoms with van der Waals surface area (Å²) in [4.78, 5) is 27.2. The summed E-state index contributed by atoms with van der Waals surface area (Å²) in [5, 5.41) is 6.77. The summed E-state index contributed by atoms with van der Waals surface area (Å²) < 4.78 is 0. The minimum atomic E-state index is -0.535. The monoisotopic (exact) mass is 327 g/mol. The minimum Gasteiger partial charge on any atom is -0.361 e. The number of aromatic amines is 1. The van der Waals surface area contributed by atoms with Gasteiger partial charge < -0.3 is 15.6 Å². The van der Waals surface area contributed by atoms with Crippen LogP contribution < -0.4 is 10.6 Å². The van der Waals surface area contributed by atoms with Crippen molar-refractivity contribution in [2.75, 3.05) is 6.54 Å². The smallest absolute Gasteiger partial charge is 0.309 e. The van der Waals surface area contributed by atoms with E-state index in [1.54, 1.807) is 0 Å². The molecule has 0 bridgehead atoms. The maximum atomic E-state index is 12.0. The topological polar surface area (TPSA) is 74.0 Å². The van der Waals surface area contributed by atoms with Crippen LogP contribution in [-0.4, -0.2) is 29.4 Å². The molecule has 0 aliphatic heterocycles. The number of aromatic nitrogens is 1. The first-order chi connectivity index (χ1) is 11.6. The molecule has 2 atom stereocenters. The molecule has 0 unspecified atom stereocenters. The van der Waals surface area contributed by atoms with Crippen molar-refractivity contribution in [1.29, 1.82) is 0 Å². The van der Waals surface area contributed by atoms with Gasteiger partial charge in [-0.05, 0) is 36.8 Å². The predicted molar refractivity (Wildman–Crippen MR) is 94.6 cm³/mol. The van der Waals surface area contributed by atoms with E-state index in [1.165, 1.54) is 6.42 Å². The van der Waals surface area contributed by atoms with Gasteiger partial charge in [0.2, 0.25) is 0 Å². The molecule has 5 heteroatoms. The van der Waals surface area contributed by atoms with E-state index in [2.05, 4.69) is 28.6 Å². The Morgan fingerprint density at radius 3 is 2.79 bits per heavy atom. The molecular weight excluding hydrogens is 302 g/mol. The van der Waals surface area contributed by atoms with Gasteiger partial charge in [-0.25, -0.2) is 0 Å². The third kappa shape index (κ3) is 3.78.